The Balaban J connectivity index is 1.75. The molecular weight excluding hydrogens is 356 g/mol. The Hall–Kier alpha value is -3.61. The summed E-state index contributed by atoms with van der Waals surface area (Å²) >= 11 is 0. The number of nitrogens with zero attached hydrogens (tertiary/aromatic N) is 3. The zero-order valence-corrected chi connectivity index (χ0v) is 15.9. The molecule has 4 rings (SSSR count). The number of pyridine rings is 1. The number of ether oxygens (including phenoxy) is 2. The van der Waals surface area contributed by atoms with E-state index in [1.165, 1.54) is 7.11 Å². The van der Waals surface area contributed by atoms with Crippen LogP contribution in [0.5, 0.6) is 11.5 Å². The molecule has 0 spiro atoms. The second kappa shape index (κ2) is 7.19. The number of anilines is 1. The van der Waals surface area contributed by atoms with Crippen molar-refractivity contribution in [3.8, 4) is 11.5 Å². The molecule has 1 N–H and O–H groups in total. The van der Waals surface area contributed by atoms with Crippen LogP contribution in [0.3, 0.4) is 0 Å². The minimum absolute atomic E-state index is 0.281. The maximum atomic E-state index is 12.8. The van der Waals surface area contributed by atoms with Crippen molar-refractivity contribution in [2.24, 2.45) is 0 Å². The lowest BCUT2D eigenvalue weighted by atomic mass is 10.1. The lowest BCUT2D eigenvalue weighted by Gasteiger charge is -2.09. The smallest absolute Gasteiger partial charge is 0.257 e. The van der Waals surface area contributed by atoms with Crippen molar-refractivity contribution < 1.29 is 14.3 Å². The van der Waals surface area contributed by atoms with Gasteiger partial charge in [0.05, 0.1) is 25.1 Å². The summed E-state index contributed by atoms with van der Waals surface area (Å²) in [7, 11) is 3.09. The number of nitrogens with one attached hydrogen (secondary N) is 1. The molecule has 7 nitrogen and oxygen atoms in total. The number of aryl methyl sites for hydroxylation is 1. The fourth-order valence-corrected chi connectivity index (χ4v) is 3.17. The standard InChI is InChI=1S/C21H20N4O3/c1-4-25-20-15(11-13-7-5-6-8-16(13)22-20)19(24-25)23-21(26)14-9-10-17(27-2)18(12-14)28-3/h5-12H,4H2,1-3H3,(H,23,24,26). The van der Waals surface area contributed by atoms with Crippen LogP contribution < -0.4 is 14.8 Å². The van der Waals surface area contributed by atoms with Crippen LogP contribution in [0.15, 0.2) is 48.5 Å². The van der Waals surface area contributed by atoms with Crippen molar-refractivity contribution in [1.82, 2.24) is 14.8 Å². The minimum atomic E-state index is -0.281. The van der Waals surface area contributed by atoms with E-state index in [1.807, 2.05) is 37.3 Å². The molecule has 2 aromatic heterocycles. The molecule has 0 aliphatic carbocycles. The van der Waals surface area contributed by atoms with Crippen LogP contribution in [0.25, 0.3) is 21.9 Å². The number of methoxy groups -OCH3 is 2. The van der Waals surface area contributed by atoms with Gasteiger partial charge in [0.25, 0.3) is 5.91 Å². The van der Waals surface area contributed by atoms with Crippen molar-refractivity contribution in [2.75, 3.05) is 19.5 Å². The van der Waals surface area contributed by atoms with E-state index in [-0.39, 0.29) is 5.91 Å². The Morgan fingerprint density at radius 1 is 1.07 bits per heavy atom. The Kier molecular flexibility index (Phi) is 4.57. The summed E-state index contributed by atoms with van der Waals surface area (Å²) in [5, 5.41) is 9.23. The summed E-state index contributed by atoms with van der Waals surface area (Å²) in [5.41, 5.74) is 2.08. The average molecular weight is 376 g/mol. The molecular formula is C21H20N4O3. The minimum Gasteiger partial charge on any atom is -0.493 e. The van der Waals surface area contributed by atoms with E-state index in [0.29, 0.717) is 29.4 Å². The zero-order chi connectivity index (χ0) is 19.7. The van der Waals surface area contributed by atoms with Gasteiger partial charge >= 0.3 is 0 Å². The van der Waals surface area contributed by atoms with Gasteiger partial charge in [-0.3, -0.25) is 4.79 Å². The van der Waals surface area contributed by atoms with E-state index >= 15 is 0 Å². The molecule has 4 aromatic rings. The van der Waals surface area contributed by atoms with E-state index in [0.717, 1.165) is 21.9 Å². The molecule has 0 aliphatic heterocycles. The van der Waals surface area contributed by atoms with Gasteiger partial charge in [-0.1, -0.05) is 18.2 Å². The second-order valence-corrected chi connectivity index (χ2v) is 6.24. The van der Waals surface area contributed by atoms with Crippen LogP contribution in [0.1, 0.15) is 17.3 Å². The van der Waals surface area contributed by atoms with Crippen molar-refractivity contribution >= 4 is 33.7 Å². The van der Waals surface area contributed by atoms with Crippen LogP contribution in [-0.2, 0) is 6.54 Å². The Labute approximate surface area is 161 Å². The maximum absolute atomic E-state index is 12.8. The number of para-hydroxylation sites is 1. The highest BCUT2D eigenvalue weighted by molar-refractivity contribution is 6.09. The molecule has 0 saturated carbocycles. The normalized spacial score (nSPS) is 11.0. The lowest BCUT2D eigenvalue weighted by molar-refractivity contribution is 0.102. The number of rotatable bonds is 5. The summed E-state index contributed by atoms with van der Waals surface area (Å²) in [6.45, 7) is 2.64. The number of hydrogen-bond acceptors (Lipinski definition) is 5. The van der Waals surface area contributed by atoms with Gasteiger partial charge in [-0.05, 0) is 37.3 Å². The summed E-state index contributed by atoms with van der Waals surface area (Å²) in [5.74, 6) is 1.26. The summed E-state index contributed by atoms with van der Waals surface area (Å²) in [4.78, 5) is 17.5. The van der Waals surface area contributed by atoms with E-state index in [4.69, 9.17) is 14.5 Å². The second-order valence-electron chi connectivity index (χ2n) is 6.24. The molecule has 0 bridgehead atoms. The largest absolute Gasteiger partial charge is 0.493 e. The molecule has 0 fully saturated rings. The van der Waals surface area contributed by atoms with E-state index in [1.54, 1.807) is 30.0 Å². The number of hydrogen-bond donors (Lipinski definition) is 1. The predicted molar refractivity (Wildman–Crippen MR) is 108 cm³/mol. The molecule has 0 saturated heterocycles. The first-order chi connectivity index (χ1) is 13.6. The molecule has 0 aliphatic rings. The maximum Gasteiger partial charge on any atom is 0.257 e. The lowest BCUT2D eigenvalue weighted by Crippen LogP contribution is -2.13. The molecule has 2 aromatic carbocycles. The number of fused-ring (bicyclic) bond motifs is 2. The van der Waals surface area contributed by atoms with E-state index < -0.39 is 0 Å². The summed E-state index contributed by atoms with van der Waals surface area (Å²) in [6, 6.07) is 14.9. The van der Waals surface area contributed by atoms with Crippen LogP contribution in [0.4, 0.5) is 5.82 Å². The molecule has 0 radical (unpaired) electrons. The molecule has 7 heteroatoms. The van der Waals surface area contributed by atoms with Crippen LogP contribution in [0.2, 0.25) is 0 Å². The first-order valence-electron chi connectivity index (χ1n) is 8.94. The van der Waals surface area contributed by atoms with Crippen molar-refractivity contribution in [1.29, 1.82) is 0 Å². The van der Waals surface area contributed by atoms with Crippen LogP contribution in [-0.4, -0.2) is 34.9 Å². The molecule has 0 unspecified atom stereocenters. The van der Waals surface area contributed by atoms with Gasteiger partial charge in [-0.25, -0.2) is 9.67 Å². The van der Waals surface area contributed by atoms with Gasteiger partial charge in [0.1, 0.15) is 0 Å². The third kappa shape index (κ3) is 3.00. The third-order valence-corrected chi connectivity index (χ3v) is 4.60. The van der Waals surface area contributed by atoms with Gasteiger partial charge in [0.15, 0.2) is 23.0 Å². The number of benzene rings is 2. The van der Waals surface area contributed by atoms with Crippen LogP contribution in [0, 0.1) is 0 Å². The topological polar surface area (TPSA) is 78.3 Å². The Morgan fingerprint density at radius 3 is 2.61 bits per heavy atom. The molecule has 1 amide bonds. The first-order valence-corrected chi connectivity index (χ1v) is 8.94. The quantitative estimate of drug-likeness (QED) is 0.572. The third-order valence-electron chi connectivity index (χ3n) is 4.60. The molecule has 142 valence electrons. The van der Waals surface area contributed by atoms with Gasteiger partial charge in [0.2, 0.25) is 0 Å². The van der Waals surface area contributed by atoms with Gasteiger partial charge in [0, 0.05) is 17.5 Å². The molecule has 0 atom stereocenters. The monoisotopic (exact) mass is 376 g/mol. The Morgan fingerprint density at radius 2 is 1.86 bits per heavy atom. The van der Waals surface area contributed by atoms with Gasteiger partial charge in [-0.2, -0.15) is 5.10 Å². The van der Waals surface area contributed by atoms with Crippen LogP contribution >= 0.6 is 0 Å². The summed E-state index contributed by atoms with van der Waals surface area (Å²) < 4.78 is 12.3. The predicted octanol–water partition coefficient (Wildman–Crippen LogP) is 3.87. The highest BCUT2D eigenvalue weighted by Crippen LogP contribution is 2.29. The number of aromatic nitrogens is 3. The molecule has 28 heavy (non-hydrogen) atoms. The van der Waals surface area contributed by atoms with E-state index in [9.17, 15) is 4.79 Å². The Bertz CT molecular complexity index is 1180. The van der Waals surface area contributed by atoms with Crippen molar-refractivity contribution in [3.63, 3.8) is 0 Å². The van der Waals surface area contributed by atoms with Crippen molar-refractivity contribution in [3.05, 3.63) is 54.1 Å². The van der Waals surface area contributed by atoms with Gasteiger partial charge in [-0.15, -0.1) is 0 Å². The number of amides is 1. The first kappa shape index (κ1) is 17.8. The highest BCUT2D eigenvalue weighted by atomic mass is 16.5. The van der Waals surface area contributed by atoms with E-state index in [2.05, 4.69) is 10.4 Å². The summed E-state index contributed by atoms with van der Waals surface area (Å²) in [6.07, 6.45) is 0. The number of carbonyl (C=O) groups excluding carboxylic acids is 1. The highest BCUT2D eigenvalue weighted by Gasteiger charge is 2.17. The average Bonchev–Trinajstić information content (AvgIpc) is 3.07. The fourth-order valence-electron chi connectivity index (χ4n) is 3.17. The SMILES string of the molecule is CCn1nc(NC(=O)c2ccc(OC)c(OC)c2)c2cc3ccccc3nc21. The molecule has 2 heterocycles. The fraction of sp³-hybridized carbons (Fsp3) is 0.190. The van der Waals surface area contributed by atoms with Gasteiger partial charge < -0.3 is 14.8 Å². The zero-order valence-electron chi connectivity index (χ0n) is 15.9. The van der Waals surface area contributed by atoms with Crippen molar-refractivity contribution in [2.45, 2.75) is 13.5 Å². The number of carbonyl (C=O) groups is 1.